The first-order valence-corrected chi connectivity index (χ1v) is 6.95. The second kappa shape index (κ2) is 5.87. The van der Waals surface area contributed by atoms with Gasteiger partial charge < -0.3 is 10.3 Å². The van der Waals surface area contributed by atoms with Crippen LogP contribution in [0.3, 0.4) is 0 Å². The van der Waals surface area contributed by atoms with Crippen molar-refractivity contribution in [1.29, 1.82) is 0 Å². The minimum absolute atomic E-state index is 0.0715. The van der Waals surface area contributed by atoms with Gasteiger partial charge in [-0.05, 0) is 12.8 Å². The molecule has 0 aromatic carbocycles. The van der Waals surface area contributed by atoms with Crippen molar-refractivity contribution < 1.29 is 14.5 Å². The van der Waals surface area contributed by atoms with Crippen LogP contribution in [-0.2, 0) is 4.79 Å². The molecule has 1 saturated carbocycles. The summed E-state index contributed by atoms with van der Waals surface area (Å²) in [6, 6.07) is 1.52. The molecule has 1 aliphatic carbocycles. The van der Waals surface area contributed by atoms with Gasteiger partial charge in [-0.25, -0.2) is 0 Å². The predicted molar refractivity (Wildman–Crippen MR) is 70.3 cm³/mol. The lowest BCUT2D eigenvalue weighted by molar-refractivity contribution is -0.384. The van der Waals surface area contributed by atoms with Gasteiger partial charge in [-0.1, -0.05) is 0 Å². The van der Waals surface area contributed by atoms with Crippen molar-refractivity contribution in [3.63, 3.8) is 0 Å². The molecular weight excluding hydrogens is 270 g/mol. The number of nitrogens with one attached hydrogen (secondary N) is 2. The van der Waals surface area contributed by atoms with E-state index in [2.05, 4.69) is 10.3 Å². The summed E-state index contributed by atoms with van der Waals surface area (Å²) in [6.07, 6.45) is 3.24. The molecule has 1 heterocycles. The van der Waals surface area contributed by atoms with E-state index < -0.39 is 4.92 Å². The lowest BCUT2D eigenvalue weighted by Gasteiger charge is -2.02. The fraction of sp³-hybridized carbons (Fsp3) is 0.455. The van der Waals surface area contributed by atoms with Crippen molar-refractivity contribution in [2.24, 2.45) is 0 Å². The van der Waals surface area contributed by atoms with Crippen molar-refractivity contribution in [2.75, 3.05) is 11.5 Å². The van der Waals surface area contributed by atoms with Gasteiger partial charge in [0.05, 0.1) is 28.3 Å². The fourth-order valence-electron chi connectivity index (χ4n) is 1.46. The van der Waals surface area contributed by atoms with Crippen LogP contribution in [-0.4, -0.2) is 39.1 Å². The zero-order valence-corrected chi connectivity index (χ0v) is 10.9. The highest BCUT2D eigenvalue weighted by molar-refractivity contribution is 8.00. The van der Waals surface area contributed by atoms with Crippen molar-refractivity contribution in [1.82, 2.24) is 10.3 Å². The number of ketones is 1. The summed E-state index contributed by atoms with van der Waals surface area (Å²) < 4.78 is 0. The Labute approximate surface area is 113 Å². The molecule has 1 aliphatic rings. The highest BCUT2D eigenvalue weighted by Gasteiger charge is 2.23. The van der Waals surface area contributed by atoms with E-state index in [1.165, 1.54) is 24.0 Å². The van der Waals surface area contributed by atoms with E-state index >= 15 is 0 Å². The Bertz CT molecular complexity index is 510. The minimum atomic E-state index is -0.566. The molecule has 0 saturated heterocycles. The number of amides is 1. The first kappa shape index (κ1) is 13.6. The first-order chi connectivity index (χ1) is 9.06. The van der Waals surface area contributed by atoms with Gasteiger partial charge in [0.25, 0.3) is 5.69 Å². The summed E-state index contributed by atoms with van der Waals surface area (Å²) in [5, 5.41) is 13.3. The Morgan fingerprint density at radius 2 is 2.21 bits per heavy atom. The van der Waals surface area contributed by atoms with Crippen LogP contribution in [0.4, 0.5) is 5.69 Å². The van der Waals surface area contributed by atoms with E-state index in [-0.39, 0.29) is 34.6 Å². The molecule has 102 valence electrons. The number of carbonyl (C=O) groups excluding carboxylic acids is 2. The van der Waals surface area contributed by atoms with Crippen LogP contribution < -0.4 is 5.32 Å². The molecule has 1 amide bonds. The maximum absolute atomic E-state index is 11.7. The van der Waals surface area contributed by atoms with E-state index in [9.17, 15) is 19.7 Å². The topological polar surface area (TPSA) is 105 Å². The number of carbonyl (C=O) groups is 2. The quantitative estimate of drug-likeness (QED) is 0.443. The monoisotopic (exact) mass is 283 g/mol. The Morgan fingerprint density at radius 3 is 2.79 bits per heavy atom. The Kier molecular flexibility index (Phi) is 4.20. The van der Waals surface area contributed by atoms with Crippen molar-refractivity contribution in [2.45, 2.75) is 18.9 Å². The van der Waals surface area contributed by atoms with Gasteiger partial charge >= 0.3 is 0 Å². The lowest BCUT2D eigenvalue weighted by Crippen LogP contribution is -2.27. The number of H-pyrrole nitrogens is 1. The molecule has 1 aromatic rings. The van der Waals surface area contributed by atoms with Gasteiger partial charge in [0.1, 0.15) is 0 Å². The molecule has 0 radical (unpaired) electrons. The van der Waals surface area contributed by atoms with Crippen LogP contribution in [0.1, 0.15) is 23.3 Å². The molecule has 19 heavy (non-hydrogen) atoms. The van der Waals surface area contributed by atoms with Gasteiger partial charge in [-0.3, -0.25) is 19.7 Å². The van der Waals surface area contributed by atoms with Gasteiger partial charge in [-0.2, -0.15) is 0 Å². The zero-order chi connectivity index (χ0) is 13.8. The average molecular weight is 283 g/mol. The van der Waals surface area contributed by atoms with Crippen LogP contribution in [0.15, 0.2) is 12.3 Å². The Morgan fingerprint density at radius 1 is 1.47 bits per heavy atom. The molecule has 2 rings (SSSR count). The largest absolute Gasteiger partial charge is 0.353 e. The third-order valence-electron chi connectivity index (χ3n) is 2.59. The third-order valence-corrected chi connectivity index (χ3v) is 3.52. The van der Waals surface area contributed by atoms with Gasteiger partial charge in [0, 0.05) is 12.1 Å². The number of nitrogens with zero attached hydrogens (tertiary/aromatic N) is 1. The second-order valence-corrected chi connectivity index (χ2v) is 5.27. The molecule has 0 spiro atoms. The molecule has 2 N–H and O–H groups in total. The summed E-state index contributed by atoms with van der Waals surface area (Å²) >= 11 is 1.20. The molecule has 0 unspecified atom stereocenters. The number of hydrogen-bond acceptors (Lipinski definition) is 5. The molecule has 0 atom stereocenters. The number of Topliss-reactive ketones (excluding diaryl/α,β-unsaturated/α-hetero) is 1. The van der Waals surface area contributed by atoms with Gasteiger partial charge in [-0.15, -0.1) is 11.8 Å². The van der Waals surface area contributed by atoms with Gasteiger partial charge in [0.2, 0.25) is 5.91 Å². The summed E-state index contributed by atoms with van der Waals surface area (Å²) in [7, 11) is 0. The number of rotatable bonds is 7. The molecule has 7 nitrogen and oxygen atoms in total. The Hall–Kier alpha value is -1.83. The lowest BCUT2D eigenvalue weighted by atomic mass is 10.3. The van der Waals surface area contributed by atoms with Gasteiger partial charge in [0.15, 0.2) is 5.78 Å². The van der Waals surface area contributed by atoms with E-state index in [0.29, 0.717) is 6.04 Å². The number of aromatic nitrogens is 1. The summed E-state index contributed by atoms with van der Waals surface area (Å²) in [5.41, 5.74) is 0.0571. The number of nitro groups is 1. The SMILES string of the molecule is O=C(CSCC(=O)c1cc([N+](=O)[O-])c[nH]1)NC1CC1. The van der Waals surface area contributed by atoms with Crippen LogP contribution in [0, 0.1) is 10.1 Å². The number of aromatic amines is 1. The molecule has 0 aliphatic heterocycles. The van der Waals surface area contributed by atoms with Crippen LogP contribution >= 0.6 is 11.8 Å². The zero-order valence-electron chi connectivity index (χ0n) is 10.0. The van der Waals surface area contributed by atoms with Crippen molar-refractivity contribution in [3.8, 4) is 0 Å². The normalized spacial score (nSPS) is 14.1. The molecule has 8 heteroatoms. The summed E-state index contributed by atoms with van der Waals surface area (Å²) in [6.45, 7) is 0. The minimum Gasteiger partial charge on any atom is -0.353 e. The third kappa shape index (κ3) is 4.09. The average Bonchev–Trinajstić information content (AvgIpc) is 3.01. The fourth-order valence-corrected chi connectivity index (χ4v) is 2.17. The van der Waals surface area contributed by atoms with E-state index in [4.69, 9.17) is 0 Å². The number of hydrogen-bond donors (Lipinski definition) is 2. The van der Waals surface area contributed by atoms with E-state index in [1.54, 1.807) is 0 Å². The number of thioether (sulfide) groups is 1. The van der Waals surface area contributed by atoms with Crippen molar-refractivity contribution in [3.05, 3.63) is 28.1 Å². The molecule has 1 fully saturated rings. The summed E-state index contributed by atoms with van der Waals surface area (Å²) in [4.78, 5) is 35.5. The maximum atomic E-state index is 11.7. The summed E-state index contributed by atoms with van der Waals surface area (Å²) in [5.74, 6) is 0.0240. The van der Waals surface area contributed by atoms with Crippen molar-refractivity contribution >= 4 is 29.1 Å². The smallest absolute Gasteiger partial charge is 0.287 e. The van der Waals surface area contributed by atoms with E-state index in [0.717, 1.165) is 12.8 Å². The first-order valence-electron chi connectivity index (χ1n) is 5.79. The molecule has 0 bridgehead atoms. The van der Waals surface area contributed by atoms with E-state index in [1.807, 2.05) is 0 Å². The Balaban J connectivity index is 1.73. The van der Waals surface area contributed by atoms with Crippen LogP contribution in [0.25, 0.3) is 0 Å². The second-order valence-electron chi connectivity index (χ2n) is 4.29. The van der Waals surface area contributed by atoms with Crippen LogP contribution in [0.5, 0.6) is 0 Å². The highest BCUT2D eigenvalue weighted by atomic mass is 32.2. The molecule has 1 aromatic heterocycles. The van der Waals surface area contributed by atoms with Crippen LogP contribution in [0.2, 0.25) is 0 Å². The highest BCUT2D eigenvalue weighted by Crippen LogP contribution is 2.19. The maximum Gasteiger partial charge on any atom is 0.287 e. The molecular formula is C11H13N3O4S. The standard InChI is InChI=1S/C11H13N3O4S/c15-10(9-3-8(4-12-9)14(17)18)5-19-6-11(16)13-7-1-2-7/h3-4,7,12H,1-2,5-6H2,(H,13,16). The predicted octanol–water partition coefficient (Wildman–Crippen LogP) is 1.12.